The zero-order valence-electron chi connectivity index (χ0n) is 19.6. The molecule has 7 heteroatoms. The van der Waals surface area contributed by atoms with E-state index in [2.05, 4.69) is 42.4 Å². The third kappa shape index (κ3) is 4.11. The lowest BCUT2D eigenvalue weighted by Gasteiger charge is -2.38. The van der Waals surface area contributed by atoms with Gasteiger partial charge in [0.15, 0.2) is 0 Å². The largest absolute Gasteiger partial charge is 0.379 e. The van der Waals surface area contributed by atoms with Crippen molar-refractivity contribution in [2.75, 3.05) is 26.3 Å². The molecule has 2 fully saturated rings. The van der Waals surface area contributed by atoms with Crippen LogP contribution >= 0.6 is 11.6 Å². The number of morpholine rings is 1. The monoisotopic (exact) mass is 457 g/mol. The van der Waals surface area contributed by atoms with Gasteiger partial charge in [0.25, 0.3) is 0 Å². The Labute approximate surface area is 196 Å². The zero-order chi connectivity index (χ0) is 22.5. The number of nitrogens with zero attached hydrogens (tertiary/aromatic N) is 4. The minimum atomic E-state index is -0.0254. The van der Waals surface area contributed by atoms with Crippen molar-refractivity contribution in [3.63, 3.8) is 0 Å². The molecule has 0 radical (unpaired) electrons. The van der Waals surface area contributed by atoms with E-state index in [0.29, 0.717) is 12.0 Å². The third-order valence-corrected chi connectivity index (χ3v) is 7.95. The van der Waals surface area contributed by atoms with Crippen LogP contribution in [0.15, 0.2) is 18.2 Å². The summed E-state index contributed by atoms with van der Waals surface area (Å²) in [6.45, 7) is 10.6. The van der Waals surface area contributed by atoms with Crippen molar-refractivity contribution in [2.45, 2.75) is 76.8 Å². The molecule has 2 atom stereocenters. The number of fused-ring (bicyclic) bond motifs is 3. The van der Waals surface area contributed by atoms with Gasteiger partial charge in [-0.15, -0.1) is 10.2 Å². The number of benzene rings is 1. The average Bonchev–Trinajstić information content (AvgIpc) is 3.12. The Morgan fingerprint density at radius 3 is 2.41 bits per heavy atom. The molecule has 1 saturated carbocycles. The molecule has 2 unspecified atom stereocenters. The van der Waals surface area contributed by atoms with Crippen molar-refractivity contribution in [2.24, 2.45) is 11.1 Å². The molecule has 3 aliphatic rings. The number of nitrogens with two attached hydrogens (primary N) is 1. The first-order chi connectivity index (χ1) is 15.3. The Hall–Kier alpha value is -1.47. The summed E-state index contributed by atoms with van der Waals surface area (Å²) in [6.07, 6.45) is 5.51. The van der Waals surface area contributed by atoms with Crippen LogP contribution in [-0.4, -0.2) is 58.1 Å². The van der Waals surface area contributed by atoms with E-state index in [-0.39, 0.29) is 17.4 Å². The minimum Gasteiger partial charge on any atom is -0.379 e. The lowest BCUT2D eigenvalue weighted by atomic mass is 9.75. The highest BCUT2D eigenvalue weighted by Gasteiger charge is 2.40. The van der Waals surface area contributed by atoms with Gasteiger partial charge in [-0.3, -0.25) is 9.47 Å². The summed E-state index contributed by atoms with van der Waals surface area (Å²) in [7, 11) is 0. The SMILES string of the molecule is CC(C)(C)C1c2nnc([C@H]3CC[C@H](N4CCOCC4)CC3)n2-c2ccc(Cl)cc2CC1N. The van der Waals surface area contributed by atoms with Crippen molar-refractivity contribution < 1.29 is 4.74 Å². The van der Waals surface area contributed by atoms with E-state index in [0.717, 1.165) is 67.9 Å². The Morgan fingerprint density at radius 1 is 1.03 bits per heavy atom. The Bertz CT molecular complexity index is 954. The number of ether oxygens (including phenoxy) is 1. The fourth-order valence-corrected chi connectivity index (χ4v) is 6.39. The highest BCUT2D eigenvalue weighted by Crippen LogP contribution is 2.44. The van der Waals surface area contributed by atoms with Crippen LogP contribution in [0.3, 0.4) is 0 Å². The molecule has 5 rings (SSSR count). The molecule has 2 aliphatic heterocycles. The first-order valence-corrected chi connectivity index (χ1v) is 12.5. The second-order valence-electron chi connectivity index (χ2n) is 10.9. The highest BCUT2D eigenvalue weighted by molar-refractivity contribution is 6.30. The summed E-state index contributed by atoms with van der Waals surface area (Å²) < 4.78 is 7.89. The Kier molecular flexibility index (Phi) is 6.08. The maximum absolute atomic E-state index is 6.79. The van der Waals surface area contributed by atoms with Gasteiger partial charge in [-0.25, -0.2) is 0 Å². The van der Waals surface area contributed by atoms with Crippen molar-refractivity contribution in [3.05, 3.63) is 40.4 Å². The molecule has 0 spiro atoms. The second kappa shape index (κ2) is 8.71. The van der Waals surface area contributed by atoms with Gasteiger partial charge in [0.2, 0.25) is 0 Å². The predicted octanol–water partition coefficient (Wildman–Crippen LogP) is 4.29. The minimum absolute atomic E-state index is 0.0126. The maximum atomic E-state index is 6.79. The van der Waals surface area contributed by atoms with Gasteiger partial charge in [-0.05, 0) is 61.3 Å². The molecule has 1 aliphatic carbocycles. The normalized spacial score (nSPS) is 29.3. The first kappa shape index (κ1) is 22.3. The number of rotatable bonds is 2. The van der Waals surface area contributed by atoms with Crippen LogP contribution in [0, 0.1) is 5.41 Å². The number of hydrogen-bond acceptors (Lipinski definition) is 5. The number of halogens is 1. The fourth-order valence-electron chi connectivity index (χ4n) is 6.19. The molecule has 1 aromatic heterocycles. The Morgan fingerprint density at radius 2 is 1.72 bits per heavy atom. The molecule has 2 N–H and O–H groups in total. The van der Waals surface area contributed by atoms with Gasteiger partial charge in [0, 0.05) is 42.0 Å². The van der Waals surface area contributed by atoms with Crippen LogP contribution in [0.1, 0.15) is 75.5 Å². The fraction of sp³-hybridized carbons (Fsp3) is 0.680. The molecule has 3 heterocycles. The first-order valence-electron chi connectivity index (χ1n) is 12.1. The summed E-state index contributed by atoms with van der Waals surface area (Å²) >= 11 is 6.39. The maximum Gasteiger partial charge on any atom is 0.142 e. The summed E-state index contributed by atoms with van der Waals surface area (Å²) in [5, 5.41) is 10.4. The summed E-state index contributed by atoms with van der Waals surface area (Å²) in [5.74, 6) is 2.66. The van der Waals surface area contributed by atoms with E-state index in [4.69, 9.17) is 32.3 Å². The average molecular weight is 458 g/mol. The summed E-state index contributed by atoms with van der Waals surface area (Å²) in [5.41, 5.74) is 9.13. The van der Waals surface area contributed by atoms with E-state index in [1.54, 1.807) is 0 Å². The van der Waals surface area contributed by atoms with Gasteiger partial charge in [0.05, 0.1) is 18.9 Å². The zero-order valence-corrected chi connectivity index (χ0v) is 20.3. The van der Waals surface area contributed by atoms with Crippen molar-refractivity contribution >= 4 is 11.6 Å². The number of hydrogen-bond donors (Lipinski definition) is 1. The molecule has 6 nitrogen and oxygen atoms in total. The van der Waals surface area contributed by atoms with E-state index in [1.807, 2.05) is 6.07 Å². The lowest BCUT2D eigenvalue weighted by Crippen LogP contribution is -2.44. The molecule has 32 heavy (non-hydrogen) atoms. The standard InChI is InChI=1S/C25H36ClN5O/c1-25(2,3)22-20(27)15-17-14-18(26)6-9-21(17)31-23(28-29-24(22)31)16-4-7-19(8-5-16)30-10-12-32-13-11-30/h6,9,14,16,19-20,22H,4-5,7-8,10-13,15,27H2,1-3H3/t16-,19-,20?,22?. The highest BCUT2D eigenvalue weighted by atomic mass is 35.5. The van der Waals surface area contributed by atoms with Crippen LogP contribution < -0.4 is 5.73 Å². The van der Waals surface area contributed by atoms with Crippen molar-refractivity contribution in [1.29, 1.82) is 0 Å². The Balaban J connectivity index is 1.49. The quantitative estimate of drug-likeness (QED) is 0.728. The van der Waals surface area contributed by atoms with Gasteiger partial charge >= 0.3 is 0 Å². The van der Waals surface area contributed by atoms with Crippen molar-refractivity contribution in [1.82, 2.24) is 19.7 Å². The molecular formula is C25H36ClN5O. The van der Waals surface area contributed by atoms with Gasteiger partial charge in [-0.1, -0.05) is 32.4 Å². The van der Waals surface area contributed by atoms with Crippen LogP contribution in [-0.2, 0) is 11.2 Å². The second-order valence-corrected chi connectivity index (χ2v) is 11.3. The van der Waals surface area contributed by atoms with Crippen molar-refractivity contribution in [3.8, 4) is 5.69 Å². The predicted molar refractivity (Wildman–Crippen MR) is 128 cm³/mol. The van der Waals surface area contributed by atoms with E-state index in [1.165, 1.54) is 18.4 Å². The number of aromatic nitrogens is 3. The third-order valence-electron chi connectivity index (χ3n) is 7.71. The summed E-state index contributed by atoms with van der Waals surface area (Å²) in [6, 6.07) is 6.83. The molecule has 174 valence electrons. The smallest absolute Gasteiger partial charge is 0.142 e. The topological polar surface area (TPSA) is 69.2 Å². The molecule has 1 saturated heterocycles. The van der Waals surface area contributed by atoms with Gasteiger partial charge in [-0.2, -0.15) is 0 Å². The molecule has 2 aromatic rings. The van der Waals surface area contributed by atoms with Crippen LogP contribution in [0.5, 0.6) is 0 Å². The van der Waals surface area contributed by atoms with Gasteiger partial charge in [0.1, 0.15) is 11.6 Å². The van der Waals surface area contributed by atoms with Crippen LogP contribution in [0.2, 0.25) is 5.02 Å². The summed E-state index contributed by atoms with van der Waals surface area (Å²) in [4.78, 5) is 2.62. The molecular weight excluding hydrogens is 422 g/mol. The van der Waals surface area contributed by atoms with Crippen LogP contribution in [0.25, 0.3) is 5.69 Å². The molecule has 0 bridgehead atoms. The lowest BCUT2D eigenvalue weighted by molar-refractivity contribution is 0.00707. The van der Waals surface area contributed by atoms with E-state index >= 15 is 0 Å². The molecule has 0 amide bonds. The van der Waals surface area contributed by atoms with Crippen LogP contribution in [0.4, 0.5) is 0 Å². The van der Waals surface area contributed by atoms with E-state index < -0.39 is 0 Å². The van der Waals surface area contributed by atoms with Gasteiger partial charge < -0.3 is 10.5 Å². The van der Waals surface area contributed by atoms with E-state index in [9.17, 15) is 0 Å². The molecule has 1 aromatic carbocycles.